The number of hydrogen-bond donors (Lipinski definition) is 1. The van der Waals surface area contributed by atoms with Crippen LogP contribution in [0.2, 0.25) is 0 Å². The molecule has 14 heavy (non-hydrogen) atoms. The lowest BCUT2D eigenvalue weighted by Gasteiger charge is -2.07. The molecule has 0 fully saturated rings. The largest absolute Gasteiger partial charge is 0.508 e. The summed E-state index contributed by atoms with van der Waals surface area (Å²) in [6, 6.07) is 3.17. The highest BCUT2D eigenvalue weighted by Gasteiger charge is 2.06. The van der Waals surface area contributed by atoms with Gasteiger partial charge < -0.3 is 9.84 Å². The van der Waals surface area contributed by atoms with Crippen LogP contribution in [0.3, 0.4) is 0 Å². The van der Waals surface area contributed by atoms with E-state index in [0.29, 0.717) is 16.9 Å². The van der Waals surface area contributed by atoms with Gasteiger partial charge in [-0.25, -0.2) is 4.79 Å². The first-order valence-corrected chi connectivity index (χ1v) is 4.19. The van der Waals surface area contributed by atoms with E-state index in [9.17, 15) is 9.90 Å². The topological polar surface area (TPSA) is 46.5 Å². The highest BCUT2D eigenvalue weighted by molar-refractivity contribution is 5.83. The lowest BCUT2D eigenvalue weighted by atomic mass is 10.1. The SMILES string of the molecule is C=CC(=O)Oc1cc(C)c(O)cc1C. The summed E-state index contributed by atoms with van der Waals surface area (Å²) < 4.78 is 4.96. The number of carbonyl (C=O) groups excluding carboxylic acids is 1. The highest BCUT2D eigenvalue weighted by atomic mass is 16.5. The van der Waals surface area contributed by atoms with E-state index >= 15 is 0 Å². The third-order valence-electron chi connectivity index (χ3n) is 1.87. The number of phenols is 1. The first-order chi connectivity index (χ1) is 6.54. The molecule has 3 heteroatoms. The summed E-state index contributed by atoms with van der Waals surface area (Å²) in [5.41, 5.74) is 1.38. The number of phenolic OH excluding ortho intramolecular Hbond substituents is 1. The Balaban J connectivity index is 3.03. The molecule has 0 aliphatic heterocycles. The fourth-order valence-electron chi connectivity index (χ4n) is 1.03. The molecule has 1 N–H and O–H groups in total. The normalized spacial score (nSPS) is 9.57. The Hall–Kier alpha value is -1.77. The second kappa shape index (κ2) is 3.96. The summed E-state index contributed by atoms with van der Waals surface area (Å²) in [6.07, 6.45) is 1.10. The van der Waals surface area contributed by atoms with Gasteiger partial charge in [0.25, 0.3) is 0 Å². The van der Waals surface area contributed by atoms with Crippen LogP contribution in [0.1, 0.15) is 11.1 Å². The minimum atomic E-state index is -0.502. The van der Waals surface area contributed by atoms with Crippen molar-refractivity contribution in [1.82, 2.24) is 0 Å². The molecule has 0 atom stereocenters. The van der Waals surface area contributed by atoms with Gasteiger partial charge in [0.1, 0.15) is 11.5 Å². The number of benzene rings is 1. The molecule has 0 heterocycles. The predicted octanol–water partition coefficient (Wildman–Crippen LogP) is 2.10. The van der Waals surface area contributed by atoms with E-state index in [1.165, 1.54) is 0 Å². The fourth-order valence-corrected chi connectivity index (χ4v) is 1.03. The van der Waals surface area contributed by atoms with Crippen LogP contribution >= 0.6 is 0 Å². The van der Waals surface area contributed by atoms with E-state index < -0.39 is 5.97 Å². The van der Waals surface area contributed by atoms with Gasteiger partial charge >= 0.3 is 5.97 Å². The Morgan fingerprint density at radius 2 is 2.07 bits per heavy atom. The van der Waals surface area contributed by atoms with Crippen LogP contribution in [0.4, 0.5) is 0 Å². The number of esters is 1. The maximum atomic E-state index is 10.9. The van der Waals surface area contributed by atoms with Crippen molar-refractivity contribution in [3.63, 3.8) is 0 Å². The minimum absolute atomic E-state index is 0.195. The van der Waals surface area contributed by atoms with Gasteiger partial charge in [-0.2, -0.15) is 0 Å². The number of aromatic hydroxyl groups is 1. The Morgan fingerprint density at radius 1 is 1.43 bits per heavy atom. The summed E-state index contributed by atoms with van der Waals surface area (Å²) in [7, 11) is 0. The molecule has 0 saturated heterocycles. The van der Waals surface area contributed by atoms with Gasteiger partial charge in [0, 0.05) is 6.08 Å². The zero-order valence-corrected chi connectivity index (χ0v) is 8.20. The molecule has 1 aromatic carbocycles. The number of rotatable bonds is 2. The molecule has 0 aliphatic rings. The summed E-state index contributed by atoms with van der Waals surface area (Å²) in [6.45, 7) is 6.79. The van der Waals surface area contributed by atoms with E-state index in [0.717, 1.165) is 6.08 Å². The monoisotopic (exact) mass is 192 g/mol. The van der Waals surface area contributed by atoms with Crippen LogP contribution in [0.25, 0.3) is 0 Å². The zero-order valence-electron chi connectivity index (χ0n) is 8.20. The molecule has 0 saturated carbocycles. The molecular formula is C11H12O3. The second-order valence-corrected chi connectivity index (χ2v) is 3.03. The third kappa shape index (κ3) is 2.13. The molecule has 3 nitrogen and oxygen atoms in total. The standard InChI is InChI=1S/C11H12O3/c1-4-11(13)14-10-6-7(2)9(12)5-8(10)3/h4-6,12H,1H2,2-3H3. The molecule has 0 unspecified atom stereocenters. The second-order valence-electron chi connectivity index (χ2n) is 3.03. The van der Waals surface area contributed by atoms with Gasteiger partial charge in [0.2, 0.25) is 0 Å². The predicted molar refractivity (Wildman–Crippen MR) is 53.4 cm³/mol. The molecular weight excluding hydrogens is 180 g/mol. The first kappa shape index (κ1) is 10.3. The van der Waals surface area contributed by atoms with Gasteiger partial charge in [-0.05, 0) is 37.1 Å². The average molecular weight is 192 g/mol. The number of ether oxygens (including phenoxy) is 1. The molecule has 1 rings (SSSR count). The van der Waals surface area contributed by atoms with Crippen LogP contribution in [0.15, 0.2) is 24.8 Å². The first-order valence-electron chi connectivity index (χ1n) is 4.19. The molecule has 0 aliphatic carbocycles. The van der Waals surface area contributed by atoms with Crippen molar-refractivity contribution >= 4 is 5.97 Å². The van der Waals surface area contributed by atoms with E-state index in [1.54, 1.807) is 26.0 Å². The van der Waals surface area contributed by atoms with Crippen molar-refractivity contribution in [2.45, 2.75) is 13.8 Å². The quantitative estimate of drug-likeness (QED) is 0.443. The maximum absolute atomic E-state index is 10.9. The van der Waals surface area contributed by atoms with Crippen molar-refractivity contribution in [2.24, 2.45) is 0 Å². The van der Waals surface area contributed by atoms with E-state index in [-0.39, 0.29) is 5.75 Å². The van der Waals surface area contributed by atoms with Crippen molar-refractivity contribution in [2.75, 3.05) is 0 Å². The van der Waals surface area contributed by atoms with Crippen LogP contribution in [0, 0.1) is 13.8 Å². The molecule has 0 spiro atoms. The van der Waals surface area contributed by atoms with Gasteiger partial charge in [0.15, 0.2) is 0 Å². The van der Waals surface area contributed by atoms with E-state index in [1.807, 2.05) is 0 Å². The van der Waals surface area contributed by atoms with Gasteiger partial charge in [-0.1, -0.05) is 6.58 Å². The molecule has 1 aromatic rings. The number of hydrogen-bond acceptors (Lipinski definition) is 3. The highest BCUT2D eigenvalue weighted by Crippen LogP contribution is 2.26. The van der Waals surface area contributed by atoms with Gasteiger partial charge in [-0.15, -0.1) is 0 Å². The maximum Gasteiger partial charge on any atom is 0.335 e. The molecule has 74 valence electrons. The summed E-state index contributed by atoms with van der Waals surface area (Å²) in [5.74, 6) is 0.143. The summed E-state index contributed by atoms with van der Waals surface area (Å²) in [5, 5.41) is 9.36. The Bertz CT molecular complexity index is 380. The molecule has 0 radical (unpaired) electrons. The Kier molecular flexibility index (Phi) is 2.92. The van der Waals surface area contributed by atoms with Gasteiger partial charge in [-0.3, -0.25) is 0 Å². The smallest absolute Gasteiger partial charge is 0.335 e. The molecule has 0 amide bonds. The van der Waals surface area contributed by atoms with Gasteiger partial charge in [0.05, 0.1) is 0 Å². The Morgan fingerprint density at radius 3 is 2.64 bits per heavy atom. The molecule has 0 aromatic heterocycles. The van der Waals surface area contributed by atoms with Crippen molar-refractivity contribution in [3.8, 4) is 11.5 Å². The third-order valence-corrected chi connectivity index (χ3v) is 1.87. The summed E-state index contributed by atoms with van der Waals surface area (Å²) >= 11 is 0. The van der Waals surface area contributed by atoms with Crippen molar-refractivity contribution in [3.05, 3.63) is 35.9 Å². The average Bonchev–Trinajstić information content (AvgIpc) is 2.14. The molecule has 0 bridgehead atoms. The van der Waals surface area contributed by atoms with E-state index in [2.05, 4.69) is 6.58 Å². The van der Waals surface area contributed by atoms with Crippen LogP contribution < -0.4 is 4.74 Å². The Labute approximate surface area is 82.6 Å². The lowest BCUT2D eigenvalue weighted by Crippen LogP contribution is -2.04. The zero-order chi connectivity index (χ0) is 10.7. The van der Waals surface area contributed by atoms with Crippen LogP contribution in [0.5, 0.6) is 11.5 Å². The fraction of sp³-hybridized carbons (Fsp3) is 0.182. The van der Waals surface area contributed by atoms with Crippen LogP contribution in [-0.2, 0) is 4.79 Å². The van der Waals surface area contributed by atoms with E-state index in [4.69, 9.17) is 4.74 Å². The number of aryl methyl sites for hydroxylation is 2. The summed E-state index contributed by atoms with van der Waals surface area (Å²) in [4.78, 5) is 10.9. The minimum Gasteiger partial charge on any atom is -0.508 e. The van der Waals surface area contributed by atoms with Crippen molar-refractivity contribution < 1.29 is 14.6 Å². The number of carbonyl (C=O) groups is 1. The van der Waals surface area contributed by atoms with Crippen molar-refractivity contribution in [1.29, 1.82) is 0 Å². The van der Waals surface area contributed by atoms with Crippen LogP contribution in [-0.4, -0.2) is 11.1 Å². The lowest BCUT2D eigenvalue weighted by molar-refractivity contribution is -0.129.